The van der Waals surface area contributed by atoms with Crippen molar-refractivity contribution in [1.29, 1.82) is 0 Å². The smallest absolute Gasteiger partial charge is 0.246 e. The molecule has 0 fully saturated rings. The third-order valence-electron chi connectivity index (χ3n) is 3.68. The molecule has 1 heterocycles. The van der Waals surface area contributed by atoms with Gasteiger partial charge in [-0.2, -0.15) is 0 Å². The molecular formula is C19H22ClNO3S. The number of methoxy groups -OCH3 is 1. The van der Waals surface area contributed by atoms with Gasteiger partial charge in [-0.05, 0) is 54.6 Å². The Hall–Kier alpha value is -1.98. The molecule has 0 saturated heterocycles. The first-order valence-electron chi connectivity index (χ1n) is 7.92. The van der Waals surface area contributed by atoms with Crippen molar-refractivity contribution in [1.82, 2.24) is 4.90 Å². The van der Waals surface area contributed by atoms with Gasteiger partial charge in [-0.1, -0.05) is 11.6 Å². The summed E-state index contributed by atoms with van der Waals surface area (Å²) < 4.78 is 10.8. The number of halogens is 1. The number of benzene rings is 1. The maximum Gasteiger partial charge on any atom is 0.246 e. The van der Waals surface area contributed by atoms with Gasteiger partial charge in [0, 0.05) is 18.0 Å². The van der Waals surface area contributed by atoms with E-state index in [4.69, 9.17) is 21.1 Å². The highest BCUT2D eigenvalue weighted by molar-refractivity contribution is 7.10. The van der Waals surface area contributed by atoms with Crippen LogP contribution in [0.25, 0.3) is 6.08 Å². The Labute approximate surface area is 157 Å². The fourth-order valence-corrected chi connectivity index (χ4v) is 3.55. The summed E-state index contributed by atoms with van der Waals surface area (Å²) in [5.74, 6) is 0.988. The first-order valence-corrected chi connectivity index (χ1v) is 9.18. The van der Waals surface area contributed by atoms with Crippen LogP contribution < -0.4 is 9.47 Å². The van der Waals surface area contributed by atoms with Crippen LogP contribution >= 0.6 is 22.9 Å². The highest BCUT2D eigenvalue weighted by Gasteiger charge is 2.12. The van der Waals surface area contributed by atoms with Crippen LogP contribution in [0, 0.1) is 6.92 Å². The number of ether oxygens (including phenoxy) is 2. The van der Waals surface area contributed by atoms with Crippen molar-refractivity contribution in [3.63, 3.8) is 0 Å². The first-order chi connectivity index (χ1) is 12.0. The molecule has 0 bridgehead atoms. The van der Waals surface area contributed by atoms with Crippen molar-refractivity contribution in [3.8, 4) is 11.5 Å². The molecule has 0 atom stereocenters. The number of likely N-dealkylation sites (N-methyl/N-ethyl adjacent to an activating group) is 1. The van der Waals surface area contributed by atoms with Gasteiger partial charge >= 0.3 is 0 Å². The second-order valence-electron chi connectivity index (χ2n) is 5.52. The first kappa shape index (κ1) is 19.3. The van der Waals surface area contributed by atoms with Crippen LogP contribution in [0.4, 0.5) is 0 Å². The van der Waals surface area contributed by atoms with Crippen LogP contribution in [0.1, 0.15) is 22.9 Å². The third kappa shape index (κ3) is 5.00. The van der Waals surface area contributed by atoms with Gasteiger partial charge in [0.15, 0.2) is 11.5 Å². The lowest BCUT2D eigenvalue weighted by atomic mass is 10.2. The third-order valence-corrected chi connectivity index (χ3v) is 4.97. The summed E-state index contributed by atoms with van der Waals surface area (Å²) >= 11 is 7.89. The molecule has 0 aliphatic carbocycles. The molecule has 134 valence electrons. The number of thiophene rings is 1. The van der Waals surface area contributed by atoms with Crippen molar-refractivity contribution in [3.05, 3.63) is 50.7 Å². The van der Waals surface area contributed by atoms with Gasteiger partial charge in [0.05, 0.1) is 25.3 Å². The lowest BCUT2D eigenvalue weighted by Gasteiger charge is -2.15. The summed E-state index contributed by atoms with van der Waals surface area (Å²) in [5.41, 5.74) is 1.99. The molecule has 6 heteroatoms. The van der Waals surface area contributed by atoms with Crippen molar-refractivity contribution >= 4 is 34.9 Å². The zero-order valence-corrected chi connectivity index (χ0v) is 16.4. The molecule has 2 rings (SSSR count). The van der Waals surface area contributed by atoms with E-state index in [2.05, 4.69) is 13.0 Å². The fourth-order valence-electron chi connectivity index (χ4n) is 2.30. The summed E-state index contributed by atoms with van der Waals surface area (Å²) in [6, 6.07) is 5.61. The molecule has 0 N–H and O–H groups in total. The predicted molar refractivity (Wildman–Crippen MR) is 104 cm³/mol. The Kier molecular flexibility index (Phi) is 6.91. The van der Waals surface area contributed by atoms with Gasteiger partial charge in [0.1, 0.15) is 0 Å². The standard InChI is InChI=1S/C19H22ClNO3S/c1-5-24-16-11-14(10-15(20)19(16)23-4)6-7-18(22)21(3)12-17-13(2)8-9-25-17/h6-11H,5,12H2,1-4H3/b7-6+. The topological polar surface area (TPSA) is 38.8 Å². The Morgan fingerprint density at radius 2 is 2.16 bits per heavy atom. The maximum absolute atomic E-state index is 12.3. The Balaban J connectivity index is 2.12. The summed E-state index contributed by atoms with van der Waals surface area (Å²) in [6.07, 6.45) is 3.27. The second-order valence-corrected chi connectivity index (χ2v) is 6.93. The predicted octanol–water partition coefficient (Wildman–Crippen LogP) is 4.79. The molecule has 0 aliphatic rings. The molecule has 0 unspecified atom stereocenters. The molecule has 0 saturated carbocycles. The van der Waals surface area contributed by atoms with Gasteiger partial charge < -0.3 is 14.4 Å². The number of amides is 1. The van der Waals surface area contributed by atoms with Gasteiger partial charge in [0.25, 0.3) is 0 Å². The number of carbonyl (C=O) groups is 1. The highest BCUT2D eigenvalue weighted by Crippen LogP contribution is 2.36. The normalized spacial score (nSPS) is 10.9. The number of hydrogen-bond acceptors (Lipinski definition) is 4. The zero-order chi connectivity index (χ0) is 18.4. The number of hydrogen-bond donors (Lipinski definition) is 0. The lowest BCUT2D eigenvalue weighted by Crippen LogP contribution is -2.23. The Bertz CT molecular complexity index is 770. The summed E-state index contributed by atoms with van der Waals surface area (Å²) in [7, 11) is 3.34. The van der Waals surface area contributed by atoms with E-state index in [9.17, 15) is 4.79 Å². The van der Waals surface area contributed by atoms with Crippen LogP contribution in [0.5, 0.6) is 11.5 Å². The van der Waals surface area contributed by atoms with Crippen molar-refractivity contribution in [2.75, 3.05) is 20.8 Å². The molecule has 1 amide bonds. The minimum absolute atomic E-state index is 0.0716. The van der Waals surface area contributed by atoms with Gasteiger partial charge in [0.2, 0.25) is 5.91 Å². The minimum atomic E-state index is -0.0716. The van der Waals surface area contributed by atoms with E-state index in [0.717, 1.165) is 5.56 Å². The summed E-state index contributed by atoms with van der Waals surface area (Å²) in [4.78, 5) is 15.2. The zero-order valence-electron chi connectivity index (χ0n) is 14.8. The van der Waals surface area contributed by atoms with Crippen LogP contribution in [0.15, 0.2) is 29.7 Å². The average Bonchev–Trinajstić information content (AvgIpc) is 2.97. The quantitative estimate of drug-likeness (QED) is 0.649. The van der Waals surface area contributed by atoms with Gasteiger partial charge in [-0.3, -0.25) is 4.79 Å². The maximum atomic E-state index is 12.3. The van der Waals surface area contributed by atoms with Crippen LogP contribution in [0.3, 0.4) is 0 Å². The SMILES string of the molecule is CCOc1cc(/C=C/C(=O)N(C)Cc2sccc2C)cc(Cl)c1OC. The van der Waals surface area contributed by atoms with Crippen LogP contribution in [-0.4, -0.2) is 31.6 Å². The lowest BCUT2D eigenvalue weighted by molar-refractivity contribution is -0.125. The van der Waals surface area contributed by atoms with E-state index in [0.29, 0.717) is 29.7 Å². The molecule has 0 spiro atoms. The number of nitrogens with zero attached hydrogens (tertiary/aromatic N) is 1. The molecule has 2 aromatic rings. The Morgan fingerprint density at radius 3 is 2.76 bits per heavy atom. The number of aryl methyl sites for hydroxylation is 1. The second kappa shape index (κ2) is 8.92. The van der Waals surface area contributed by atoms with E-state index in [1.807, 2.05) is 12.3 Å². The molecule has 1 aromatic heterocycles. The Morgan fingerprint density at radius 1 is 1.40 bits per heavy atom. The number of rotatable bonds is 7. The van der Waals surface area contributed by atoms with E-state index >= 15 is 0 Å². The van der Waals surface area contributed by atoms with E-state index < -0.39 is 0 Å². The number of carbonyl (C=O) groups excluding carboxylic acids is 1. The van der Waals surface area contributed by atoms with Gasteiger partial charge in [-0.15, -0.1) is 11.3 Å². The molecular weight excluding hydrogens is 358 g/mol. The minimum Gasteiger partial charge on any atom is -0.491 e. The van der Waals surface area contributed by atoms with Crippen LogP contribution in [0.2, 0.25) is 5.02 Å². The fraction of sp³-hybridized carbons (Fsp3) is 0.316. The summed E-state index contributed by atoms with van der Waals surface area (Å²) in [6.45, 7) is 5.04. The summed E-state index contributed by atoms with van der Waals surface area (Å²) in [5, 5.41) is 2.48. The molecule has 25 heavy (non-hydrogen) atoms. The largest absolute Gasteiger partial charge is 0.491 e. The van der Waals surface area contributed by atoms with Crippen molar-refractivity contribution < 1.29 is 14.3 Å². The van der Waals surface area contributed by atoms with Gasteiger partial charge in [-0.25, -0.2) is 0 Å². The van der Waals surface area contributed by atoms with E-state index in [1.54, 1.807) is 48.6 Å². The molecule has 1 aromatic carbocycles. The van der Waals surface area contributed by atoms with E-state index in [-0.39, 0.29) is 5.91 Å². The highest BCUT2D eigenvalue weighted by atomic mass is 35.5. The van der Waals surface area contributed by atoms with Crippen molar-refractivity contribution in [2.24, 2.45) is 0 Å². The molecule has 0 radical (unpaired) electrons. The monoisotopic (exact) mass is 379 g/mol. The molecule has 0 aliphatic heterocycles. The molecule has 4 nitrogen and oxygen atoms in total. The van der Waals surface area contributed by atoms with E-state index in [1.165, 1.54) is 16.5 Å². The van der Waals surface area contributed by atoms with Crippen molar-refractivity contribution in [2.45, 2.75) is 20.4 Å². The van der Waals surface area contributed by atoms with Crippen LogP contribution in [-0.2, 0) is 11.3 Å². The average molecular weight is 380 g/mol.